The first-order valence-electron chi connectivity index (χ1n) is 8.31. The van der Waals surface area contributed by atoms with Gasteiger partial charge in [-0.05, 0) is 62.6 Å². The molecule has 0 amide bonds. The number of likely N-dealkylation sites (tertiary alicyclic amines) is 1. The van der Waals surface area contributed by atoms with E-state index in [2.05, 4.69) is 35.2 Å². The number of nitrogens with zero attached hydrogens (tertiary/aromatic N) is 1. The van der Waals surface area contributed by atoms with E-state index in [9.17, 15) is 9.50 Å². The van der Waals surface area contributed by atoms with Crippen LogP contribution in [0, 0.1) is 5.92 Å². The normalized spacial score (nSPS) is 32.2. The van der Waals surface area contributed by atoms with E-state index in [-0.39, 0.29) is 24.7 Å². The highest BCUT2D eigenvalue weighted by atomic mass is 18.2. The quantitative estimate of drug-likeness (QED) is 0.922. The lowest BCUT2D eigenvalue weighted by molar-refractivity contribution is -0.0101. The lowest BCUT2D eigenvalue weighted by atomic mass is 9.81. The van der Waals surface area contributed by atoms with Gasteiger partial charge in [0, 0.05) is 6.04 Å². The van der Waals surface area contributed by atoms with Crippen LogP contribution in [0.25, 0.3) is 0 Å². The Bertz CT molecular complexity index is 430. The van der Waals surface area contributed by atoms with Gasteiger partial charge in [-0.15, -0.1) is 0 Å². The summed E-state index contributed by atoms with van der Waals surface area (Å²) in [4.78, 5) is 2.41. The van der Waals surface area contributed by atoms with Gasteiger partial charge in [0.15, 0.2) is 0 Å². The molecule has 1 aromatic rings. The Balaban J connectivity index is 1.57. The van der Waals surface area contributed by atoms with E-state index < -0.39 is 0 Å². The fraction of sp³-hybridized carbons (Fsp3) is 0.667. The highest BCUT2D eigenvalue weighted by molar-refractivity contribution is 5.20. The molecule has 21 heavy (non-hydrogen) atoms. The summed E-state index contributed by atoms with van der Waals surface area (Å²) in [5.74, 6) is 0.797. The zero-order valence-electron chi connectivity index (χ0n) is 12.6. The second-order valence-electron chi connectivity index (χ2n) is 6.69. The van der Waals surface area contributed by atoms with Crippen LogP contribution in [0.5, 0.6) is 0 Å². The van der Waals surface area contributed by atoms with Crippen molar-refractivity contribution in [2.45, 2.75) is 50.2 Å². The Hall–Kier alpha value is -0.930. The second kappa shape index (κ2) is 6.89. The minimum atomic E-state index is -0.263. The molecule has 1 N–H and O–H groups in total. The smallest absolute Gasteiger partial charge is 0.0923 e. The number of aliphatic hydroxyl groups excluding tert-OH is 1. The number of alkyl halides is 1. The van der Waals surface area contributed by atoms with E-state index >= 15 is 0 Å². The molecule has 2 aliphatic rings. The molecular weight excluding hydrogens is 264 g/mol. The molecule has 0 aromatic heterocycles. The molecule has 0 bridgehead atoms. The molecular formula is C18H26FNO. The van der Waals surface area contributed by atoms with Crippen LogP contribution in [0.1, 0.15) is 43.6 Å². The van der Waals surface area contributed by atoms with Crippen LogP contribution < -0.4 is 0 Å². The first kappa shape index (κ1) is 15.0. The fourth-order valence-corrected chi connectivity index (χ4v) is 4.04. The number of piperidine rings is 1. The summed E-state index contributed by atoms with van der Waals surface area (Å²) < 4.78 is 12.9. The van der Waals surface area contributed by atoms with Crippen LogP contribution in [-0.2, 0) is 0 Å². The summed E-state index contributed by atoms with van der Waals surface area (Å²) in [5, 5.41) is 10.3. The minimum Gasteiger partial charge on any atom is -0.391 e. The van der Waals surface area contributed by atoms with Gasteiger partial charge < -0.3 is 5.11 Å². The molecule has 1 saturated carbocycles. The van der Waals surface area contributed by atoms with Gasteiger partial charge in [0.05, 0.1) is 12.8 Å². The van der Waals surface area contributed by atoms with Gasteiger partial charge in [-0.3, -0.25) is 9.29 Å². The SMILES string of the molecule is O[C@@H]1CC[C@H](C[18F])C[C@H]1N1CCC(c2ccccc2)CC1. The first-order valence-corrected chi connectivity index (χ1v) is 8.31. The van der Waals surface area contributed by atoms with E-state index in [1.807, 2.05) is 0 Å². The topological polar surface area (TPSA) is 23.5 Å². The molecule has 3 heteroatoms. The summed E-state index contributed by atoms with van der Waals surface area (Å²) in [7, 11) is 0. The number of aliphatic hydroxyl groups is 1. The Kier molecular flexibility index (Phi) is 4.91. The molecule has 1 heterocycles. The zero-order chi connectivity index (χ0) is 14.7. The maximum absolute atomic E-state index is 12.9. The number of hydrogen-bond acceptors (Lipinski definition) is 2. The predicted octanol–water partition coefficient (Wildman–Crippen LogP) is 3.37. The Morgan fingerprint density at radius 2 is 1.76 bits per heavy atom. The third-order valence-electron chi connectivity index (χ3n) is 5.38. The van der Waals surface area contributed by atoms with Gasteiger partial charge in [0.1, 0.15) is 0 Å². The van der Waals surface area contributed by atoms with Gasteiger partial charge in [-0.2, -0.15) is 0 Å². The van der Waals surface area contributed by atoms with Crippen LogP contribution >= 0.6 is 0 Å². The van der Waals surface area contributed by atoms with Crippen molar-refractivity contribution >= 4 is 0 Å². The molecule has 1 aliphatic heterocycles. The molecule has 0 spiro atoms. The monoisotopic (exact) mass is 290 g/mol. The van der Waals surface area contributed by atoms with E-state index in [1.54, 1.807) is 0 Å². The van der Waals surface area contributed by atoms with Crippen molar-refractivity contribution in [1.82, 2.24) is 4.90 Å². The van der Waals surface area contributed by atoms with Crippen molar-refractivity contribution < 1.29 is 9.50 Å². The summed E-state index contributed by atoms with van der Waals surface area (Å²) in [6, 6.07) is 10.9. The summed E-state index contributed by atoms with van der Waals surface area (Å²) in [6.07, 6.45) is 4.46. The molecule has 1 saturated heterocycles. The van der Waals surface area contributed by atoms with Gasteiger partial charge in [0.25, 0.3) is 0 Å². The molecule has 2 fully saturated rings. The Morgan fingerprint density at radius 3 is 2.43 bits per heavy atom. The molecule has 2 nitrogen and oxygen atoms in total. The van der Waals surface area contributed by atoms with Crippen molar-refractivity contribution in [3.05, 3.63) is 35.9 Å². The maximum atomic E-state index is 12.9. The summed E-state index contributed by atoms with van der Waals surface area (Å²) in [5.41, 5.74) is 1.43. The van der Waals surface area contributed by atoms with Crippen molar-refractivity contribution in [2.24, 2.45) is 5.92 Å². The van der Waals surface area contributed by atoms with Gasteiger partial charge in [0.2, 0.25) is 0 Å². The minimum absolute atomic E-state index is 0.158. The average molecular weight is 290 g/mol. The van der Waals surface area contributed by atoms with Gasteiger partial charge in [-0.25, -0.2) is 0 Å². The molecule has 1 aliphatic carbocycles. The number of halogens is 1. The molecule has 3 atom stereocenters. The highest BCUT2D eigenvalue weighted by Crippen LogP contribution is 2.33. The molecule has 1 aromatic carbocycles. The predicted molar refractivity (Wildman–Crippen MR) is 83.1 cm³/mol. The third-order valence-corrected chi connectivity index (χ3v) is 5.38. The van der Waals surface area contributed by atoms with Crippen LogP contribution in [0.2, 0.25) is 0 Å². The first-order chi connectivity index (χ1) is 10.3. The van der Waals surface area contributed by atoms with Crippen molar-refractivity contribution in [2.75, 3.05) is 19.8 Å². The zero-order valence-corrected chi connectivity index (χ0v) is 12.6. The van der Waals surface area contributed by atoms with E-state index in [0.29, 0.717) is 5.92 Å². The maximum Gasteiger partial charge on any atom is 0.0923 e. The van der Waals surface area contributed by atoms with Crippen LogP contribution in [0.3, 0.4) is 0 Å². The number of rotatable bonds is 3. The van der Waals surface area contributed by atoms with Crippen molar-refractivity contribution in [3.63, 3.8) is 0 Å². The highest BCUT2D eigenvalue weighted by Gasteiger charge is 2.35. The molecule has 3 rings (SSSR count). The standard InChI is InChI=1S/C18H26FNO/c19-13-14-6-7-18(21)17(12-14)20-10-8-16(9-11-20)15-4-2-1-3-5-15/h1-5,14,16-18,21H,6-13H2/t14-,17+,18+/m0/s1/i19-1. The molecule has 116 valence electrons. The molecule has 0 radical (unpaired) electrons. The summed E-state index contributed by atoms with van der Waals surface area (Å²) >= 11 is 0. The second-order valence-corrected chi connectivity index (χ2v) is 6.69. The average Bonchev–Trinajstić information content (AvgIpc) is 2.56. The lowest BCUT2D eigenvalue weighted by Crippen LogP contribution is -2.50. The van der Waals surface area contributed by atoms with Crippen molar-refractivity contribution in [1.29, 1.82) is 0 Å². The van der Waals surface area contributed by atoms with E-state index in [0.717, 1.165) is 45.2 Å². The Morgan fingerprint density at radius 1 is 1.05 bits per heavy atom. The Labute approximate surface area is 127 Å². The lowest BCUT2D eigenvalue weighted by Gasteiger charge is -2.43. The van der Waals surface area contributed by atoms with Gasteiger partial charge in [-0.1, -0.05) is 30.3 Å². The fourth-order valence-electron chi connectivity index (χ4n) is 4.04. The van der Waals surface area contributed by atoms with Gasteiger partial charge >= 0.3 is 0 Å². The largest absolute Gasteiger partial charge is 0.391 e. The van der Waals surface area contributed by atoms with Crippen molar-refractivity contribution in [3.8, 4) is 0 Å². The third kappa shape index (κ3) is 3.46. The van der Waals surface area contributed by atoms with E-state index in [1.165, 1.54) is 5.56 Å². The van der Waals surface area contributed by atoms with Crippen LogP contribution in [-0.4, -0.2) is 41.9 Å². The number of hydrogen-bond donors (Lipinski definition) is 1. The van der Waals surface area contributed by atoms with Crippen LogP contribution in [0.4, 0.5) is 4.39 Å². The molecule has 0 unspecified atom stereocenters. The van der Waals surface area contributed by atoms with E-state index in [4.69, 9.17) is 0 Å². The summed E-state index contributed by atoms with van der Waals surface area (Å²) in [6.45, 7) is 1.82. The number of benzene rings is 1. The van der Waals surface area contributed by atoms with Crippen LogP contribution in [0.15, 0.2) is 30.3 Å².